The minimum absolute atomic E-state index is 0.0245. The molecular formula is C22H39N7O3. The summed E-state index contributed by atoms with van der Waals surface area (Å²) in [5.74, 6) is 2.48. The summed E-state index contributed by atoms with van der Waals surface area (Å²) in [7, 11) is 1.96. The number of guanidine groups is 1. The van der Waals surface area contributed by atoms with Crippen LogP contribution in [0.5, 0.6) is 0 Å². The summed E-state index contributed by atoms with van der Waals surface area (Å²) in [4.78, 5) is 19.2. The summed E-state index contributed by atoms with van der Waals surface area (Å²) < 4.78 is 12.6. The first kappa shape index (κ1) is 24.4. The molecule has 1 saturated carbocycles. The van der Waals surface area contributed by atoms with Crippen LogP contribution in [0.1, 0.15) is 50.7 Å². The molecule has 2 N–H and O–H groups in total. The number of aryl methyl sites for hydroxylation is 1. The van der Waals surface area contributed by atoms with Gasteiger partial charge in [-0.15, -0.1) is 10.2 Å². The van der Waals surface area contributed by atoms with E-state index in [2.05, 4.69) is 25.7 Å². The molecule has 1 aliphatic carbocycles. The molecule has 1 saturated heterocycles. The molecule has 3 rings (SSSR count). The van der Waals surface area contributed by atoms with Crippen molar-refractivity contribution in [3.8, 4) is 0 Å². The fourth-order valence-corrected chi connectivity index (χ4v) is 4.15. The predicted molar refractivity (Wildman–Crippen MR) is 122 cm³/mol. The van der Waals surface area contributed by atoms with E-state index in [-0.39, 0.29) is 11.9 Å². The maximum atomic E-state index is 12.0. The van der Waals surface area contributed by atoms with E-state index in [1.807, 2.05) is 25.5 Å². The Balaban J connectivity index is 1.51. The average molecular weight is 450 g/mol. The number of nitrogens with one attached hydrogen (secondary N) is 2. The van der Waals surface area contributed by atoms with Crippen molar-refractivity contribution in [1.29, 1.82) is 0 Å². The lowest BCUT2D eigenvalue weighted by Crippen LogP contribution is -2.46. The predicted octanol–water partition coefficient (Wildman–Crippen LogP) is 1.00. The van der Waals surface area contributed by atoms with Crippen LogP contribution in [0.3, 0.4) is 0 Å². The molecule has 1 aromatic heterocycles. The highest BCUT2D eigenvalue weighted by Gasteiger charge is 2.27. The Kier molecular flexibility index (Phi) is 9.73. The van der Waals surface area contributed by atoms with Crippen molar-refractivity contribution in [3.63, 3.8) is 0 Å². The summed E-state index contributed by atoms with van der Waals surface area (Å²) >= 11 is 0. The summed E-state index contributed by atoms with van der Waals surface area (Å²) in [6.07, 6.45) is 4.61. The highest BCUT2D eigenvalue weighted by molar-refractivity contribution is 5.80. The molecule has 0 radical (unpaired) electrons. The highest BCUT2D eigenvalue weighted by atomic mass is 16.5. The topological polar surface area (TPSA) is 106 Å². The molecule has 2 heterocycles. The molecule has 1 aliphatic heterocycles. The Morgan fingerprint density at radius 1 is 1.22 bits per heavy atom. The molecule has 32 heavy (non-hydrogen) atoms. The van der Waals surface area contributed by atoms with Gasteiger partial charge in [0.2, 0.25) is 0 Å². The minimum Gasteiger partial charge on any atom is -0.466 e. The summed E-state index contributed by atoms with van der Waals surface area (Å²) in [6.45, 7) is 10.3. The molecule has 0 atom stereocenters. The number of esters is 1. The molecule has 180 valence electrons. The van der Waals surface area contributed by atoms with Gasteiger partial charge in [-0.3, -0.25) is 9.69 Å². The largest absolute Gasteiger partial charge is 0.466 e. The normalized spacial score (nSPS) is 22.5. The lowest BCUT2D eigenvalue weighted by molar-refractivity contribution is -0.149. The second kappa shape index (κ2) is 12.7. The Morgan fingerprint density at radius 2 is 1.97 bits per heavy atom. The van der Waals surface area contributed by atoms with Gasteiger partial charge in [-0.05, 0) is 52.5 Å². The fourth-order valence-electron chi connectivity index (χ4n) is 4.15. The van der Waals surface area contributed by atoms with Crippen molar-refractivity contribution in [3.05, 3.63) is 11.6 Å². The van der Waals surface area contributed by atoms with Gasteiger partial charge in [-0.25, -0.2) is 4.99 Å². The Bertz CT molecular complexity index is 738. The van der Waals surface area contributed by atoms with Crippen molar-refractivity contribution >= 4 is 11.9 Å². The van der Waals surface area contributed by atoms with Gasteiger partial charge in [0, 0.05) is 32.7 Å². The van der Waals surface area contributed by atoms with Crippen LogP contribution in [-0.2, 0) is 27.9 Å². The van der Waals surface area contributed by atoms with E-state index in [9.17, 15) is 4.79 Å². The third-order valence-electron chi connectivity index (χ3n) is 6.30. The van der Waals surface area contributed by atoms with Gasteiger partial charge in [-0.2, -0.15) is 0 Å². The summed E-state index contributed by atoms with van der Waals surface area (Å²) in [5, 5.41) is 15.4. The van der Waals surface area contributed by atoms with E-state index in [1.54, 1.807) is 0 Å². The van der Waals surface area contributed by atoms with Crippen molar-refractivity contribution in [2.45, 2.75) is 58.5 Å². The van der Waals surface area contributed by atoms with E-state index in [0.717, 1.165) is 89.1 Å². The lowest BCUT2D eigenvalue weighted by atomic mass is 9.86. The van der Waals surface area contributed by atoms with Crippen LogP contribution in [0.2, 0.25) is 0 Å². The molecule has 2 fully saturated rings. The Hall–Kier alpha value is -2.20. The number of hydrogen-bond donors (Lipinski definition) is 2. The van der Waals surface area contributed by atoms with E-state index < -0.39 is 0 Å². The van der Waals surface area contributed by atoms with E-state index in [4.69, 9.17) is 14.5 Å². The zero-order valence-corrected chi connectivity index (χ0v) is 19.8. The molecule has 1 aromatic rings. The zero-order chi connectivity index (χ0) is 22.8. The number of morpholine rings is 1. The molecule has 10 nitrogen and oxygen atoms in total. The second-order valence-corrected chi connectivity index (χ2v) is 8.57. The number of ether oxygens (including phenoxy) is 2. The number of carbonyl (C=O) groups is 1. The van der Waals surface area contributed by atoms with Gasteiger partial charge < -0.3 is 24.7 Å². The van der Waals surface area contributed by atoms with Gasteiger partial charge in [-0.1, -0.05) is 0 Å². The minimum atomic E-state index is -0.0567. The van der Waals surface area contributed by atoms with Crippen molar-refractivity contribution in [1.82, 2.24) is 30.3 Å². The van der Waals surface area contributed by atoms with Crippen molar-refractivity contribution in [2.24, 2.45) is 18.0 Å². The van der Waals surface area contributed by atoms with Crippen LogP contribution in [-0.4, -0.2) is 83.6 Å². The van der Waals surface area contributed by atoms with Gasteiger partial charge >= 0.3 is 5.97 Å². The second-order valence-electron chi connectivity index (χ2n) is 8.57. The van der Waals surface area contributed by atoms with E-state index >= 15 is 0 Å². The zero-order valence-electron chi connectivity index (χ0n) is 19.8. The third-order valence-corrected chi connectivity index (χ3v) is 6.30. The van der Waals surface area contributed by atoms with Gasteiger partial charge in [0.25, 0.3) is 0 Å². The smallest absolute Gasteiger partial charge is 0.308 e. The number of nitrogens with zero attached hydrogens (tertiary/aromatic N) is 5. The van der Waals surface area contributed by atoms with Crippen LogP contribution in [0.25, 0.3) is 0 Å². The summed E-state index contributed by atoms with van der Waals surface area (Å²) in [6, 6.07) is 0.299. The Morgan fingerprint density at radius 3 is 2.62 bits per heavy atom. The standard InChI is InChI=1S/C22H39N7O3/c1-4-32-21(30)18-6-8-19(9-7-18)25-22(24-16-20-27-26-17(2)28(20)3)23-10-5-11-29-12-14-31-15-13-29/h18-19H,4-16H2,1-3H3,(H2,23,24,25). The molecule has 0 aromatic carbocycles. The molecule has 0 amide bonds. The quantitative estimate of drug-likeness (QED) is 0.249. The molecular weight excluding hydrogens is 410 g/mol. The van der Waals surface area contributed by atoms with Gasteiger partial charge in [0.05, 0.1) is 25.7 Å². The van der Waals surface area contributed by atoms with Crippen LogP contribution in [0.15, 0.2) is 4.99 Å². The van der Waals surface area contributed by atoms with Crippen LogP contribution >= 0.6 is 0 Å². The fraction of sp³-hybridized carbons (Fsp3) is 0.818. The lowest BCUT2D eigenvalue weighted by Gasteiger charge is -2.29. The van der Waals surface area contributed by atoms with Gasteiger partial charge in [0.1, 0.15) is 12.4 Å². The molecule has 0 bridgehead atoms. The molecule has 0 unspecified atom stereocenters. The molecule has 10 heteroatoms. The SMILES string of the molecule is CCOC(=O)C1CCC(NC(=NCc2nnc(C)n2C)NCCCN2CCOCC2)CC1. The number of carbonyl (C=O) groups excluding carboxylic acids is 1. The maximum Gasteiger partial charge on any atom is 0.308 e. The number of rotatable bonds is 9. The van der Waals surface area contributed by atoms with Crippen LogP contribution < -0.4 is 10.6 Å². The van der Waals surface area contributed by atoms with Gasteiger partial charge in [0.15, 0.2) is 11.8 Å². The summed E-state index contributed by atoms with van der Waals surface area (Å²) in [5.41, 5.74) is 0. The van der Waals surface area contributed by atoms with E-state index in [0.29, 0.717) is 19.2 Å². The maximum absolute atomic E-state index is 12.0. The number of aromatic nitrogens is 3. The van der Waals surface area contributed by atoms with Crippen molar-refractivity contribution in [2.75, 3.05) is 46.0 Å². The molecule has 2 aliphatic rings. The van der Waals surface area contributed by atoms with Crippen molar-refractivity contribution < 1.29 is 14.3 Å². The highest BCUT2D eigenvalue weighted by Crippen LogP contribution is 2.25. The van der Waals surface area contributed by atoms with Crippen LogP contribution in [0.4, 0.5) is 0 Å². The average Bonchev–Trinajstić information content (AvgIpc) is 3.13. The number of aliphatic imine (C=N–C) groups is 1. The van der Waals surface area contributed by atoms with Crippen LogP contribution in [0, 0.1) is 12.8 Å². The first-order chi connectivity index (χ1) is 15.6. The Labute approximate surface area is 191 Å². The van der Waals surface area contributed by atoms with E-state index in [1.165, 1.54) is 0 Å². The third kappa shape index (κ3) is 7.44. The first-order valence-corrected chi connectivity index (χ1v) is 11.9. The monoisotopic (exact) mass is 449 g/mol. The first-order valence-electron chi connectivity index (χ1n) is 11.9. The molecule has 0 spiro atoms. The number of hydrogen-bond acceptors (Lipinski definition) is 7.